The van der Waals surface area contributed by atoms with Gasteiger partial charge in [0.05, 0.1) is 6.26 Å². The number of aryl methyl sites for hydroxylation is 1. The topological polar surface area (TPSA) is 86.7 Å². The molecule has 2 aliphatic heterocycles. The molecule has 1 aromatic rings. The molecule has 156 valence electrons. The molecule has 0 spiro atoms. The Morgan fingerprint density at radius 2 is 1.68 bits per heavy atom. The van der Waals surface area contributed by atoms with Crippen LogP contribution in [-0.4, -0.2) is 90.0 Å². The molecule has 2 fully saturated rings. The Morgan fingerprint density at radius 3 is 2.25 bits per heavy atom. The van der Waals surface area contributed by atoms with Crippen molar-refractivity contribution >= 4 is 15.9 Å². The first-order valence-corrected chi connectivity index (χ1v) is 11.8. The van der Waals surface area contributed by atoms with Crippen LogP contribution >= 0.6 is 0 Å². The summed E-state index contributed by atoms with van der Waals surface area (Å²) in [6.07, 6.45) is 6.35. The minimum atomic E-state index is -3.13. The normalized spacial score (nSPS) is 20.7. The monoisotopic (exact) mass is 409 g/mol. The van der Waals surface area contributed by atoms with Crippen molar-refractivity contribution in [3.8, 4) is 0 Å². The number of hydrogen-bond donors (Lipinski definition) is 0. The molecule has 0 unspecified atom stereocenters. The second-order valence-electron chi connectivity index (χ2n) is 8.00. The first-order chi connectivity index (χ1) is 13.2. The fourth-order valence-corrected chi connectivity index (χ4v) is 4.98. The molecule has 0 aromatic carbocycles. The number of hydrogen-bond acceptors (Lipinski definition) is 6. The number of piperidine rings is 2. The smallest absolute Gasteiger partial charge is 0.272 e. The summed E-state index contributed by atoms with van der Waals surface area (Å²) in [5.74, 6) is -0.00469. The van der Waals surface area contributed by atoms with Crippen molar-refractivity contribution in [1.82, 2.24) is 24.1 Å². The second kappa shape index (κ2) is 8.42. The third-order valence-electron chi connectivity index (χ3n) is 6.34. The van der Waals surface area contributed by atoms with Crippen LogP contribution in [0.1, 0.15) is 47.4 Å². The Bertz CT molecular complexity index is 813. The van der Waals surface area contributed by atoms with E-state index in [2.05, 4.69) is 14.9 Å². The molecule has 0 bridgehead atoms. The molecule has 0 saturated carbocycles. The van der Waals surface area contributed by atoms with Crippen molar-refractivity contribution in [3.63, 3.8) is 0 Å². The Kier molecular flexibility index (Phi) is 6.36. The molecule has 8 nitrogen and oxygen atoms in total. The lowest BCUT2D eigenvalue weighted by Gasteiger charge is -2.43. The number of nitrogens with zero attached hydrogens (tertiary/aromatic N) is 5. The molecule has 9 heteroatoms. The first kappa shape index (κ1) is 21.1. The van der Waals surface area contributed by atoms with Crippen LogP contribution in [-0.2, 0) is 10.0 Å². The Hall–Kier alpha value is -1.58. The number of rotatable bonds is 4. The zero-order valence-electron chi connectivity index (χ0n) is 17.3. The molecule has 2 aliphatic rings. The molecule has 3 rings (SSSR count). The molecule has 2 saturated heterocycles. The highest BCUT2D eigenvalue weighted by Crippen LogP contribution is 2.24. The van der Waals surface area contributed by atoms with Crippen molar-refractivity contribution in [2.24, 2.45) is 0 Å². The van der Waals surface area contributed by atoms with E-state index in [4.69, 9.17) is 0 Å². The van der Waals surface area contributed by atoms with Crippen molar-refractivity contribution < 1.29 is 13.2 Å². The van der Waals surface area contributed by atoms with Gasteiger partial charge in [0.15, 0.2) is 0 Å². The molecular weight excluding hydrogens is 378 g/mol. The number of sulfonamides is 1. The SMILES string of the molecule is Cc1ncnc(C(=O)N2CCC(N3CCC(N(C)S(C)(=O)=O)CC3)CC2)c1C. The zero-order valence-corrected chi connectivity index (χ0v) is 18.1. The molecule has 0 N–H and O–H groups in total. The van der Waals surface area contributed by atoms with E-state index in [0.717, 1.165) is 63.1 Å². The predicted molar refractivity (Wildman–Crippen MR) is 108 cm³/mol. The fraction of sp³-hybridized carbons (Fsp3) is 0.737. The van der Waals surface area contributed by atoms with Gasteiger partial charge in [-0.1, -0.05) is 0 Å². The number of carbonyl (C=O) groups excluding carboxylic acids is 1. The van der Waals surface area contributed by atoms with Gasteiger partial charge < -0.3 is 9.80 Å². The molecule has 0 radical (unpaired) electrons. The first-order valence-electron chi connectivity index (χ1n) is 9.93. The van der Waals surface area contributed by atoms with Gasteiger partial charge in [0.2, 0.25) is 10.0 Å². The minimum Gasteiger partial charge on any atom is -0.337 e. The third kappa shape index (κ3) is 4.52. The average molecular weight is 410 g/mol. The Morgan fingerprint density at radius 1 is 1.07 bits per heavy atom. The second-order valence-corrected chi connectivity index (χ2v) is 10.0. The summed E-state index contributed by atoms with van der Waals surface area (Å²) in [5, 5.41) is 0. The summed E-state index contributed by atoms with van der Waals surface area (Å²) in [6, 6.07) is 0.554. The Balaban J connectivity index is 1.52. The number of likely N-dealkylation sites (tertiary alicyclic amines) is 2. The lowest BCUT2D eigenvalue weighted by molar-refractivity contribution is 0.0542. The zero-order chi connectivity index (χ0) is 20.5. The van der Waals surface area contributed by atoms with E-state index in [1.807, 2.05) is 18.7 Å². The highest BCUT2D eigenvalue weighted by molar-refractivity contribution is 7.88. The van der Waals surface area contributed by atoms with E-state index in [-0.39, 0.29) is 11.9 Å². The van der Waals surface area contributed by atoms with Gasteiger partial charge in [0, 0.05) is 43.5 Å². The summed E-state index contributed by atoms with van der Waals surface area (Å²) in [6.45, 7) is 7.07. The summed E-state index contributed by atoms with van der Waals surface area (Å²) < 4.78 is 25.0. The van der Waals surface area contributed by atoms with Crippen LogP contribution in [0.3, 0.4) is 0 Å². The molecule has 3 heterocycles. The van der Waals surface area contributed by atoms with E-state index < -0.39 is 10.0 Å². The molecule has 0 aliphatic carbocycles. The quantitative estimate of drug-likeness (QED) is 0.739. The minimum absolute atomic E-state index is 0.00469. The number of aromatic nitrogens is 2. The van der Waals surface area contributed by atoms with Crippen LogP contribution in [0.5, 0.6) is 0 Å². The van der Waals surface area contributed by atoms with E-state index in [1.165, 1.54) is 16.9 Å². The Labute approximate surface area is 168 Å². The lowest BCUT2D eigenvalue weighted by atomic mass is 9.97. The van der Waals surface area contributed by atoms with Crippen LogP contribution in [0, 0.1) is 13.8 Å². The molecule has 1 amide bonds. The number of amides is 1. The van der Waals surface area contributed by atoms with Crippen LogP contribution in [0.4, 0.5) is 0 Å². The van der Waals surface area contributed by atoms with Gasteiger partial charge in [-0.2, -0.15) is 0 Å². The van der Waals surface area contributed by atoms with Gasteiger partial charge >= 0.3 is 0 Å². The predicted octanol–water partition coefficient (Wildman–Crippen LogP) is 1.05. The number of carbonyl (C=O) groups is 1. The van der Waals surface area contributed by atoms with E-state index in [9.17, 15) is 13.2 Å². The van der Waals surface area contributed by atoms with Crippen molar-refractivity contribution in [1.29, 1.82) is 0 Å². The van der Waals surface area contributed by atoms with Gasteiger partial charge in [-0.25, -0.2) is 22.7 Å². The molecular formula is C19H31N5O3S. The summed E-state index contributed by atoms with van der Waals surface area (Å²) in [7, 11) is -1.46. The van der Waals surface area contributed by atoms with Crippen molar-refractivity contribution in [2.75, 3.05) is 39.5 Å². The van der Waals surface area contributed by atoms with Crippen LogP contribution in [0.2, 0.25) is 0 Å². The molecule has 28 heavy (non-hydrogen) atoms. The molecule has 1 aromatic heterocycles. The van der Waals surface area contributed by atoms with Gasteiger partial charge in [-0.05, 0) is 52.6 Å². The van der Waals surface area contributed by atoms with Crippen LogP contribution < -0.4 is 0 Å². The van der Waals surface area contributed by atoms with Crippen LogP contribution in [0.25, 0.3) is 0 Å². The highest BCUT2D eigenvalue weighted by Gasteiger charge is 2.33. The lowest BCUT2D eigenvalue weighted by Crippen LogP contribution is -2.52. The standard InChI is InChI=1S/C19H31N5O3S/c1-14-15(2)20-13-21-18(14)19(25)24-11-7-17(8-12-24)23-9-5-16(6-10-23)22(3)28(4,26)27/h13,16-17H,5-12H2,1-4H3. The maximum atomic E-state index is 12.8. The third-order valence-corrected chi connectivity index (χ3v) is 7.69. The van der Waals surface area contributed by atoms with E-state index in [0.29, 0.717) is 11.7 Å². The largest absolute Gasteiger partial charge is 0.337 e. The summed E-state index contributed by atoms with van der Waals surface area (Å²) >= 11 is 0. The fourth-order valence-electron chi connectivity index (χ4n) is 4.22. The van der Waals surface area contributed by atoms with Crippen molar-refractivity contribution in [3.05, 3.63) is 23.3 Å². The maximum absolute atomic E-state index is 12.8. The van der Waals surface area contributed by atoms with Gasteiger partial charge in [0.1, 0.15) is 12.0 Å². The van der Waals surface area contributed by atoms with Gasteiger partial charge in [-0.15, -0.1) is 0 Å². The highest BCUT2D eigenvalue weighted by atomic mass is 32.2. The average Bonchev–Trinajstić information content (AvgIpc) is 2.68. The van der Waals surface area contributed by atoms with E-state index in [1.54, 1.807) is 7.05 Å². The maximum Gasteiger partial charge on any atom is 0.272 e. The van der Waals surface area contributed by atoms with Crippen molar-refractivity contribution in [2.45, 2.75) is 51.6 Å². The van der Waals surface area contributed by atoms with Crippen LogP contribution in [0.15, 0.2) is 6.33 Å². The van der Waals surface area contributed by atoms with E-state index >= 15 is 0 Å². The molecule has 0 atom stereocenters. The van der Waals surface area contributed by atoms with Gasteiger partial charge in [-0.3, -0.25) is 4.79 Å². The summed E-state index contributed by atoms with van der Waals surface area (Å²) in [5.41, 5.74) is 2.21. The van der Waals surface area contributed by atoms with Gasteiger partial charge in [0.25, 0.3) is 5.91 Å². The summed E-state index contributed by atoms with van der Waals surface area (Å²) in [4.78, 5) is 25.5.